The summed E-state index contributed by atoms with van der Waals surface area (Å²) in [5.41, 5.74) is 0. The van der Waals surface area contributed by atoms with E-state index in [1.54, 1.807) is 0 Å². The van der Waals surface area contributed by atoms with Crippen LogP contribution in [-0.4, -0.2) is 31.1 Å². The molecule has 66 valence electrons. The van der Waals surface area contributed by atoms with Gasteiger partial charge in [0.2, 0.25) is 6.29 Å². The molecule has 0 saturated carbocycles. The molecule has 0 aromatic carbocycles. The molecule has 0 aliphatic carbocycles. The molecule has 1 saturated heterocycles. The maximum atomic E-state index is 11.5. The standard InChI is InChI=1S/C5H3FO6/c6-3(7)4(8)12-5(9)11-2-1-10-2/h2H,1H2. The zero-order chi connectivity index (χ0) is 9.14. The molecule has 0 aromatic heterocycles. The van der Waals surface area contributed by atoms with Crippen molar-refractivity contribution < 1.29 is 33.0 Å². The first-order chi connectivity index (χ1) is 5.59. The van der Waals surface area contributed by atoms with Crippen LogP contribution in [0.15, 0.2) is 0 Å². The van der Waals surface area contributed by atoms with E-state index in [1.165, 1.54) is 0 Å². The summed E-state index contributed by atoms with van der Waals surface area (Å²) in [6, 6.07) is -2.36. The van der Waals surface area contributed by atoms with Gasteiger partial charge in [0, 0.05) is 0 Å². The molecular formula is C5H3FO6. The smallest absolute Gasteiger partial charge is 0.401 e. The molecular weight excluding hydrogens is 175 g/mol. The van der Waals surface area contributed by atoms with Crippen LogP contribution in [0.5, 0.6) is 0 Å². The van der Waals surface area contributed by atoms with E-state index in [2.05, 4.69) is 14.2 Å². The Morgan fingerprint density at radius 1 is 1.42 bits per heavy atom. The lowest BCUT2D eigenvalue weighted by Gasteiger charge is -1.97. The van der Waals surface area contributed by atoms with E-state index in [0.29, 0.717) is 0 Å². The lowest BCUT2D eigenvalue weighted by molar-refractivity contribution is -0.157. The lowest BCUT2D eigenvalue weighted by atomic mass is 10.7. The maximum absolute atomic E-state index is 11.5. The largest absolute Gasteiger partial charge is 0.518 e. The van der Waals surface area contributed by atoms with Gasteiger partial charge in [0.1, 0.15) is 6.61 Å². The first kappa shape index (κ1) is 8.60. The molecule has 0 amide bonds. The van der Waals surface area contributed by atoms with Crippen molar-refractivity contribution in [1.82, 2.24) is 0 Å². The summed E-state index contributed by atoms with van der Waals surface area (Å²) < 4.78 is 23.6. The van der Waals surface area contributed by atoms with Crippen LogP contribution in [0.2, 0.25) is 0 Å². The van der Waals surface area contributed by atoms with Gasteiger partial charge in [-0.05, 0) is 0 Å². The van der Waals surface area contributed by atoms with Crippen molar-refractivity contribution in [2.24, 2.45) is 0 Å². The Balaban J connectivity index is 2.24. The minimum Gasteiger partial charge on any atom is -0.401 e. The fraction of sp³-hybridized carbons (Fsp3) is 0.400. The molecule has 1 rings (SSSR count). The van der Waals surface area contributed by atoms with Crippen molar-refractivity contribution >= 4 is 18.2 Å². The van der Waals surface area contributed by atoms with E-state index in [1.807, 2.05) is 0 Å². The van der Waals surface area contributed by atoms with Crippen LogP contribution in [0, 0.1) is 0 Å². The lowest BCUT2D eigenvalue weighted by Crippen LogP contribution is -2.19. The summed E-state index contributed by atoms with van der Waals surface area (Å²) in [5, 5.41) is 0. The van der Waals surface area contributed by atoms with Crippen LogP contribution in [-0.2, 0) is 23.8 Å². The van der Waals surface area contributed by atoms with Crippen molar-refractivity contribution in [3.8, 4) is 0 Å². The van der Waals surface area contributed by atoms with Crippen molar-refractivity contribution in [1.29, 1.82) is 0 Å². The maximum Gasteiger partial charge on any atom is 0.518 e. The molecule has 1 heterocycles. The SMILES string of the molecule is O=C(OC(=O)C(=O)F)OC1CO1. The minimum atomic E-state index is -2.36. The quantitative estimate of drug-likeness (QED) is 0.187. The average Bonchev–Trinajstić information content (AvgIpc) is 2.71. The summed E-state index contributed by atoms with van der Waals surface area (Å²) in [5.74, 6) is -1.90. The first-order valence-corrected chi connectivity index (χ1v) is 2.83. The highest BCUT2D eigenvalue weighted by molar-refractivity contribution is 6.30. The van der Waals surface area contributed by atoms with Gasteiger partial charge in [-0.1, -0.05) is 0 Å². The number of hydrogen-bond donors (Lipinski definition) is 0. The molecule has 12 heavy (non-hydrogen) atoms. The zero-order valence-electron chi connectivity index (χ0n) is 5.61. The first-order valence-electron chi connectivity index (χ1n) is 2.83. The van der Waals surface area contributed by atoms with Gasteiger partial charge >= 0.3 is 18.2 Å². The summed E-state index contributed by atoms with van der Waals surface area (Å²) >= 11 is 0. The van der Waals surface area contributed by atoms with Gasteiger partial charge < -0.3 is 14.2 Å². The van der Waals surface area contributed by atoms with Crippen LogP contribution in [0.3, 0.4) is 0 Å². The minimum absolute atomic E-state index is 0.201. The van der Waals surface area contributed by atoms with Gasteiger partial charge in [-0.2, -0.15) is 4.39 Å². The molecule has 0 bridgehead atoms. The molecule has 1 aliphatic heterocycles. The molecule has 1 atom stereocenters. The Morgan fingerprint density at radius 2 is 2.00 bits per heavy atom. The molecule has 1 fully saturated rings. The van der Waals surface area contributed by atoms with Gasteiger partial charge in [-0.3, -0.25) is 0 Å². The van der Waals surface area contributed by atoms with Crippen LogP contribution in [0.25, 0.3) is 0 Å². The monoisotopic (exact) mass is 178 g/mol. The van der Waals surface area contributed by atoms with Crippen LogP contribution < -0.4 is 0 Å². The Hall–Kier alpha value is -1.50. The van der Waals surface area contributed by atoms with Gasteiger partial charge in [0.15, 0.2) is 0 Å². The molecule has 0 spiro atoms. The number of ether oxygens (including phenoxy) is 3. The molecule has 6 nitrogen and oxygen atoms in total. The van der Waals surface area contributed by atoms with Gasteiger partial charge in [-0.25, -0.2) is 14.4 Å². The van der Waals surface area contributed by atoms with Gasteiger partial charge in [-0.15, -0.1) is 0 Å². The van der Waals surface area contributed by atoms with Crippen molar-refractivity contribution in [2.45, 2.75) is 6.29 Å². The van der Waals surface area contributed by atoms with Gasteiger partial charge in [0.05, 0.1) is 0 Å². The Kier molecular flexibility index (Phi) is 2.34. The third kappa shape index (κ3) is 2.62. The third-order valence-electron chi connectivity index (χ3n) is 0.867. The number of carbonyl (C=O) groups is 3. The van der Waals surface area contributed by atoms with Crippen molar-refractivity contribution in [3.05, 3.63) is 0 Å². The van der Waals surface area contributed by atoms with E-state index in [0.717, 1.165) is 0 Å². The second-order valence-corrected chi connectivity index (χ2v) is 1.79. The Bertz CT molecular complexity index is 232. The van der Waals surface area contributed by atoms with E-state index < -0.39 is 24.5 Å². The van der Waals surface area contributed by atoms with E-state index in [4.69, 9.17) is 0 Å². The van der Waals surface area contributed by atoms with Crippen LogP contribution >= 0.6 is 0 Å². The number of esters is 1. The van der Waals surface area contributed by atoms with E-state index in [9.17, 15) is 18.8 Å². The molecule has 7 heteroatoms. The number of hydrogen-bond acceptors (Lipinski definition) is 6. The fourth-order valence-electron chi connectivity index (χ4n) is 0.355. The molecule has 0 N–H and O–H groups in total. The van der Waals surface area contributed by atoms with Crippen LogP contribution in [0.1, 0.15) is 0 Å². The second kappa shape index (κ2) is 3.26. The molecule has 1 aliphatic rings. The third-order valence-corrected chi connectivity index (χ3v) is 0.867. The molecule has 0 radical (unpaired) electrons. The van der Waals surface area contributed by atoms with Crippen LogP contribution in [0.4, 0.5) is 9.18 Å². The summed E-state index contributed by atoms with van der Waals surface area (Å²) in [6.45, 7) is 0.201. The Morgan fingerprint density at radius 3 is 2.42 bits per heavy atom. The second-order valence-electron chi connectivity index (χ2n) is 1.79. The normalized spacial score (nSPS) is 19.6. The van der Waals surface area contributed by atoms with E-state index in [-0.39, 0.29) is 6.61 Å². The number of carbonyl (C=O) groups excluding carboxylic acids is 3. The highest BCUT2D eigenvalue weighted by Crippen LogP contribution is 2.10. The molecule has 0 aromatic rings. The Labute approximate surface area is 65.2 Å². The number of epoxide rings is 1. The number of rotatable bonds is 2. The predicted octanol–water partition coefficient (Wildman–Crippen LogP) is -0.481. The highest BCUT2D eigenvalue weighted by atomic mass is 19.1. The topological polar surface area (TPSA) is 82.2 Å². The molecule has 1 unspecified atom stereocenters. The highest BCUT2D eigenvalue weighted by Gasteiger charge is 2.30. The van der Waals surface area contributed by atoms with E-state index >= 15 is 0 Å². The summed E-state index contributed by atoms with van der Waals surface area (Å²) in [4.78, 5) is 30.0. The summed E-state index contributed by atoms with van der Waals surface area (Å²) in [6.07, 6.45) is -2.20. The van der Waals surface area contributed by atoms with Crippen molar-refractivity contribution in [3.63, 3.8) is 0 Å². The fourth-order valence-corrected chi connectivity index (χ4v) is 0.355. The van der Waals surface area contributed by atoms with Crippen molar-refractivity contribution in [2.75, 3.05) is 6.61 Å². The summed E-state index contributed by atoms with van der Waals surface area (Å²) in [7, 11) is 0. The van der Waals surface area contributed by atoms with Gasteiger partial charge in [0.25, 0.3) is 0 Å². The average molecular weight is 178 g/mol. The zero-order valence-corrected chi connectivity index (χ0v) is 5.61. The number of halogens is 1. The predicted molar refractivity (Wildman–Crippen MR) is 28.4 cm³/mol.